The molecule has 0 aliphatic heterocycles. The molecular weight excluding hydrogens is 288 g/mol. The Morgan fingerprint density at radius 1 is 1.14 bits per heavy atom. The van der Waals surface area contributed by atoms with E-state index in [0.717, 1.165) is 30.8 Å². The Morgan fingerprint density at radius 2 is 1.86 bits per heavy atom. The molecule has 21 heavy (non-hydrogen) atoms. The number of hydrogen-bond donors (Lipinski definition) is 0. The SMILES string of the molecule is O=C(CSc1nnnn1C1CCCC1)OC1CCCCC1. The number of nitrogens with zero attached hydrogens (tertiary/aromatic N) is 4. The van der Waals surface area contributed by atoms with E-state index >= 15 is 0 Å². The zero-order valence-corrected chi connectivity index (χ0v) is 13.1. The van der Waals surface area contributed by atoms with Crippen LogP contribution in [0.2, 0.25) is 0 Å². The zero-order chi connectivity index (χ0) is 14.5. The summed E-state index contributed by atoms with van der Waals surface area (Å²) in [6.45, 7) is 0. The van der Waals surface area contributed by atoms with Crippen molar-refractivity contribution in [1.82, 2.24) is 20.2 Å². The van der Waals surface area contributed by atoms with Crippen molar-refractivity contribution in [3.63, 3.8) is 0 Å². The number of hydrogen-bond acceptors (Lipinski definition) is 6. The third-order valence-corrected chi connectivity index (χ3v) is 5.21. The molecule has 0 saturated heterocycles. The number of rotatable bonds is 5. The highest BCUT2D eigenvalue weighted by molar-refractivity contribution is 7.99. The van der Waals surface area contributed by atoms with Crippen LogP contribution in [-0.2, 0) is 9.53 Å². The highest BCUT2D eigenvalue weighted by atomic mass is 32.2. The fourth-order valence-corrected chi connectivity index (χ4v) is 3.91. The molecule has 0 N–H and O–H groups in total. The molecule has 2 saturated carbocycles. The second-order valence-corrected chi connectivity index (χ2v) is 6.83. The molecular formula is C14H22N4O2S. The predicted molar refractivity (Wildman–Crippen MR) is 79.0 cm³/mol. The topological polar surface area (TPSA) is 69.9 Å². The zero-order valence-electron chi connectivity index (χ0n) is 12.2. The second kappa shape index (κ2) is 7.24. The first kappa shape index (κ1) is 14.8. The minimum absolute atomic E-state index is 0.123. The van der Waals surface area contributed by atoms with Crippen LogP contribution in [-0.4, -0.2) is 38.0 Å². The minimum atomic E-state index is -0.145. The van der Waals surface area contributed by atoms with E-state index in [1.165, 1.54) is 43.9 Å². The van der Waals surface area contributed by atoms with Crippen molar-refractivity contribution < 1.29 is 9.53 Å². The number of tetrazole rings is 1. The van der Waals surface area contributed by atoms with E-state index < -0.39 is 0 Å². The van der Waals surface area contributed by atoms with Crippen LogP contribution >= 0.6 is 11.8 Å². The molecule has 2 aliphatic carbocycles. The predicted octanol–water partition coefficient (Wildman–Crippen LogP) is 2.76. The van der Waals surface area contributed by atoms with Crippen molar-refractivity contribution in [2.75, 3.05) is 5.75 Å². The Hall–Kier alpha value is -1.11. The van der Waals surface area contributed by atoms with E-state index in [9.17, 15) is 4.79 Å². The molecule has 0 bridgehead atoms. The largest absolute Gasteiger partial charge is 0.462 e. The smallest absolute Gasteiger partial charge is 0.316 e. The van der Waals surface area contributed by atoms with E-state index in [4.69, 9.17) is 4.74 Å². The summed E-state index contributed by atoms with van der Waals surface area (Å²) in [5.41, 5.74) is 0. The maximum Gasteiger partial charge on any atom is 0.316 e. The van der Waals surface area contributed by atoms with Gasteiger partial charge in [0.1, 0.15) is 6.10 Å². The third-order valence-electron chi connectivity index (χ3n) is 4.30. The molecule has 0 aromatic carbocycles. The van der Waals surface area contributed by atoms with Gasteiger partial charge in [0.15, 0.2) is 0 Å². The number of carbonyl (C=O) groups is 1. The molecule has 0 spiro atoms. The van der Waals surface area contributed by atoms with Gasteiger partial charge >= 0.3 is 5.97 Å². The molecule has 6 nitrogen and oxygen atoms in total. The summed E-state index contributed by atoms with van der Waals surface area (Å²) < 4.78 is 7.40. The number of carbonyl (C=O) groups excluding carboxylic acids is 1. The number of ether oxygens (including phenoxy) is 1. The van der Waals surface area contributed by atoms with E-state index in [0.29, 0.717) is 11.8 Å². The fraction of sp³-hybridized carbons (Fsp3) is 0.857. The number of esters is 1. The van der Waals surface area contributed by atoms with Gasteiger partial charge in [0, 0.05) is 0 Å². The van der Waals surface area contributed by atoms with Gasteiger partial charge in [-0.15, -0.1) is 5.10 Å². The van der Waals surface area contributed by atoms with Crippen molar-refractivity contribution in [3.05, 3.63) is 0 Å². The Morgan fingerprint density at radius 3 is 2.62 bits per heavy atom. The summed E-state index contributed by atoms with van der Waals surface area (Å²) in [7, 11) is 0. The Kier molecular flexibility index (Phi) is 5.11. The summed E-state index contributed by atoms with van der Waals surface area (Å²) in [5.74, 6) is 0.150. The van der Waals surface area contributed by atoms with E-state index in [1.54, 1.807) is 0 Å². The molecule has 0 amide bonds. The normalized spacial score (nSPS) is 20.8. The second-order valence-electron chi connectivity index (χ2n) is 5.88. The van der Waals surface area contributed by atoms with Gasteiger partial charge in [0.25, 0.3) is 0 Å². The summed E-state index contributed by atoms with van der Waals surface area (Å²) in [6, 6.07) is 0.400. The molecule has 0 radical (unpaired) electrons. The van der Waals surface area contributed by atoms with Crippen LogP contribution in [0.1, 0.15) is 63.8 Å². The van der Waals surface area contributed by atoms with Crippen LogP contribution < -0.4 is 0 Å². The lowest BCUT2D eigenvalue weighted by molar-refractivity contribution is -0.147. The molecule has 1 aromatic heterocycles. The van der Waals surface area contributed by atoms with Gasteiger partial charge in [-0.05, 0) is 49.0 Å². The summed E-state index contributed by atoms with van der Waals surface area (Å²) in [5, 5.41) is 12.6. The van der Waals surface area contributed by atoms with Crippen LogP contribution in [0.15, 0.2) is 5.16 Å². The third kappa shape index (κ3) is 3.96. The van der Waals surface area contributed by atoms with Crippen molar-refractivity contribution in [2.24, 2.45) is 0 Å². The van der Waals surface area contributed by atoms with Crippen molar-refractivity contribution in [2.45, 2.75) is 75.1 Å². The highest BCUT2D eigenvalue weighted by Crippen LogP contribution is 2.31. The maximum atomic E-state index is 11.9. The first-order chi connectivity index (χ1) is 10.3. The van der Waals surface area contributed by atoms with Gasteiger partial charge in [-0.1, -0.05) is 31.0 Å². The van der Waals surface area contributed by atoms with E-state index in [2.05, 4.69) is 15.5 Å². The quantitative estimate of drug-likeness (QED) is 0.615. The van der Waals surface area contributed by atoms with Crippen LogP contribution in [0.3, 0.4) is 0 Å². The lowest BCUT2D eigenvalue weighted by Crippen LogP contribution is -2.22. The summed E-state index contributed by atoms with van der Waals surface area (Å²) in [6.07, 6.45) is 10.5. The first-order valence-electron chi connectivity index (χ1n) is 7.93. The molecule has 3 rings (SSSR count). The highest BCUT2D eigenvalue weighted by Gasteiger charge is 2.23. The average Bonchev–Trinajstić information content (AvgIpc) is 3.17. The standard InChI is InChI=1S/C14H22N4O2S/c19-13(20-12-8-2-1-3-9-12)10-21-14-15-16-17-18(14)11-6-4-5-7-11/h11-12H,1-10H2. The lowest BCUT2D eigenvalue weighted by atomic mass is 9.98. The van der Waals surface area contributed by atoms with Crippen LogP contribution in [0.4, 0.5) is 0 Å². The van der Waals surface area contributed by atoms with Crippen molar-refractivity contribution in [1.29, 1.82) is 0 Å². The monoisotopic (exact) mass is 310 g/mol. The van der Waals surface area contributed by atoms with Crippen LogP contribution in [0.25, 0.3) is 0 Å². The molecule has 0 unspecified atom stereocenters. The number of aromatic nitrogens is 4. The van der Waals surface area contributed by atoms with E-state index in [1.807, 2.05) is 4.68 Å². The minimum Gasteiger partial charge on any atom is -0.462 e. The van der Waals surface area contributed by atoms with Crippen LogP contribution in [0, 0.1) is 0 Å². The van der Waals surface area contributed by atoms with Crippen molar-refractivity contribution >= 4 is 17.7 Å². The van der Waals surface area contributed by atoms with Crippen LogP contribution in [0.5, 0.6) is 0 Å². The molecule has 1 heterocycles. The maximum absolute atomic E-state index is 11.9. The Bertz CT molecular complexity index is 467. The average molecular weight is 310 g/mol. The summed E-state index contributed by atoms with van der Waals surface area (Å²) in [4.78, 5) is 11.9. The Balaban J connectivity index is 1.48. The molecule has 116 valence electrons. The molecule has 1 aromatic rings. The lowest BCUT2D eigenvalue weighted by Gasteiger charge is -2.21. The fourth-order valence-electron chi connectivity index (χ4n) is 3.18. The van der Waals surface area contributed by atoms with Gasteiger partial charge in [-0.25, -0.2) is 4.68 Å². The molecule has 0 atom stereocenters. The van der Waals surface area contributed by atoms with Gasteiger partial charge in [-0.2, -0.15) is 0 Å². The molecule has 2 fully saturated rings. The van der Waals surface area contributed by atoms with Gasteiger partial charge in [0.05, 0.1) is 11.8 Å². The van der Waals surface area contributed by atoms with Gasteiger partial charge in [-0.3, -0.25) is 4.79 Å². The molecule has 7 heteroatoms. The van der Waals surface area contributed by atoms with Gasteiger partial charge < -0.3 is 4.74 Å². The van der Waals surface area contributed by atoms with Crippen molar-refractivity contribution in [3.8, 4) is 0 Å². The Labute approximate surface area is 129 Å². The van der Waals surface area contributed by atoms with E-state index in [-0.39, 0.29) is 12.1 Å². The number of thioether (sulfide) groups is 1. The first-order valence-corrected chi connectivity index (χ1v) is 8.91. The summed E-state index contributed by atoms with van der Waals surface area (Å²) >= 11 is 1.39. The van der Waals surface area contributed by atoms with Gasteiger partial charge in [0.2, 0.25) is 5.16 Å². The molecule has 2 aliphatic rings.